The standard InChI is InChI=1S/C11H20N2O2/c1-12(2)10-6-13(7-11(14)15)5-9(10)8-3-4-8/h8-10H,3-7H2,1-2H3,(H,14,15). The highest BCUT2D eigenvalue weighted by molar-refractivity contribution is 5.69. The van der Waals surface area contributed by atoms with Crippen LogP contribution in [-0.4, -0.2) is 60.6 Å². The third-order valence-electron chi connectivity index (χ3n) is 3.66. The second kappa shape index (κ2) is 4.10. The molecule has 1 N–H and O–H groups in total. The minimum Gasteiger partial charge on any atom is -0.480 e. The molecule has 0 amide bonds. The zero-order valence-corrected chi connectivity index (χ0v) is 9.52. The van der Waals surface area contributed by atoms with Crippen LogP contribution in [-0.2, 0) is 4.79 Å². The van der Waals surface area contributed by atoms with Crippen LogP contribution in [0.1, 0.15) is 12.8 Å². The Morgan fingerprint density at radius 2 is 2.07 bits per heavy atom. The number of likely N-dealkylation sites (tertiary alicyclic amines) is 1. The zero-order valence-electron chi connectivity index (χ0n) is 9.52. The van der Waals surface area contributed by atoms with Gasteiger partial charge in [0.15, 0.2) is 0 Å². The van der Waals surface area contributed by atoms with E-state index in [2.05, 4.69) is 23.9 Å². The third kappa shape index (κ3) is 2.49. The van der Waals surface area contributed by atoms with Crippen molar-refractivity contribution in [3.8, 4) is 0 Å². The first-order chi connectivity index (χ1) is 7.08. The minimum atomic E-state index is -0.705. The van der Waals surface area contributed by atoms with E-state index in [0.717, 1.165) is 19.0 Å². The molecule has 1 heterocycles. The van der Waals surface area contributed by atoms with Crippen LogP contribution >= 0.6 is 0 Å². The predicted octanol–water partition coefficient (Wildman–Crippen LogP) is 0.343. The van der Waals surface area contributed by atoms with Gasteiger partial charge in [0.2, 0.25) is 0 Å². The van der Waals surface area contributed by atoms with Crippen LogP contribution < -0.4 is 0 Å². The molecule has 0 spiro atoms. The normalized spacial score (nSPS) is 32.5. The van der Waals surface area contributed by atoms with Crippen LogP contribution in [0.15, 0.2) is 0 Å². The van der Waals surface area contributed by atoms with Crippen molar-refractivity contribution in [1.29, 1.82) is 0 Å². The van der Waals surface area contributed by atoms with E-state index in [4.69, 9.17) is 5.11 Å². The number of nitrogens with zero attached hydrogens (tertiary/aromatic N) is 2. The maximum atomic E-state index is 10.7. The van der Waals surface area contributed by atoms with E-state index in [1.54, 1.807) is 0 Å². The predicted molar refractivity (Wildman–Crippen MR) is 57.8 cm³/mol. The molecular formula is C11H20N2O2. The molecule has 86 valence electrons. The van der Waals surface area contributed by atoms with Crippen molar-refractivity contribution in [3.05, 3.63) is 0 Å². The van der Waals surface area contributed by atoms with Crippen molar-refractivity contribution in [1.82, 2.24) is 9.80 Å². The van der Waals surface area contributed by atoms with Crippen LogP contribution in [0.5, 0.6) is 0 Å². The summed E-state index contributed by atoms with van der Waals surface area (Å²) in [4.78, 5) is 15.0. The SMILES string of the molecule is CN(C)C1CN(CC(=O)O)CC1C1CC1. The number of rotatable bonds is 4. The van der Waals surface area contributed by atoms with Crippen LogP contribution in [0.2, 0.25) is 0 Å². The lowest BCUT2D eigenvalue weighted by atomic mass is 9.97. The summed E-state index contributed by atoms with van der Waals surface area (Å²) in [6.07, 6.45) is 2.69. The van der Waals surface area contributed by atoms with Crippen LogP contribution in [0.25, 0.3) is 0 Å². The van der Waals surface area contributed by atoms with Crippen molar-refractivity contribution < 1.29 is 9.90 Å². The average molecular weight is 212 g/mol. The third-order valence-corrected chi connectivity index (χ3v) is 3.66. The lowest BCUT2D eigenvalue weighted by Gasteiger charge is -2.24. The van der Waals surface area contributed by atoms with Crippen molar-refractivity contribution in [2.24, 2.45) is 11.8 Å². The van der Waals surface area contributed by atoms with Crippen LogP contribution in [0, 0.1) is 11.8 Å². The summed E-state index contributed by atoms with van der Waals surface area (Å²) in [5, 5.41) is 8.78. The Morgan fingerprint density at radius 1 is 1.40 bits per heavy atom. The first-order valence-electron chi connectivity index (χ1n) is 5.68. The zero-order chi connectivity index (χ0) is 11.0. The number of carboxylic acid groups (broad SMARTS) is 1. The minimum absolute atomic E-state index is 0.202. The topological polar surface area (TPSA) is 43.8 Å². The molecule has 15 heavy (non-hydrogen) atoms. The molecule has 2 unspecified atom stereocenters. The molecule has 0 aromatic rings. The van der Waals surface area contributed by atoms with Crippen molar-refractivity contribution >= 4 is 5.97 Å². The highest BCUT2D eigenvalue weighted by Gasteiger charge is 2.43. The van der Waals surface area contributed by atoms with E-state index in [0.29, 0.717) is 12.0 Å². The van der Waals surface area contributed by atoms with Gasteiger partial charge in [-0.1, -0.05) is 0 Å². The van der Waals surface area contributed by atoms with E-state index < -0.39 is 5.97 Å². The highest BCUT2D eigenvalue weighted by atomic mass is 16.4. The van der Waals surface area contributed by atoms with E-state index >= 15 is 0 Å². The van der Waals surface area contributed by atoms with Crippen LogP contribution in [0.4, 0.5) is 0 Å². The molecule has 2 atom stereocenters. The number of likely N-dealkylation sites (N-methyl/N-ethyl adjacent to an activating group) is 1. The van der Waals surface area contributed by atoms with Gasteiger partial charge < -0.3 is 10.0 Å². The Labute approximate surface area is 90.9 Å². The maximum absolute atomic E-state index is 10.7. The second-order valence-corrected chi connectivity index (χ2v) is 5.12. The van der Waals surface area contributed by atoms with Crippen molar-refractivity contribution in [3.63, 3.8) is 0 Å². The lowest BCUT2D eigenvalue weighted by Crippen LogP contribution is -2.36. The fourth-order valence-electron chi connectivity index (χ4n) is 2.75. The van der Waals surface area contributed by atoms with Gasteiger partial charge in [-0.05, 0) is 38.8 Å². The fourth-order valence-corrected chi connectivity index (χ4v) is 2.75. The molecule has 0 bridgehead atoms. The molecule has 4 heteroatoms. The number of carbonyl (C=O) groups is 1. The number of hydrogen-bond acceptors (Lipinski definition) is 3. The Morgan fingerprint density at radius 3 is 2.53 bits per heavy atom. The first-order valence-corrected chi connectivity index (χ1v) is 5.68. The highest BCUT2D eigenvalue weighted by Crippen LogP contribution is 2.42. The average Bonchev–Trinajstić information content (AvgIpc) is 2.87. The largest absolute Gasteiger partial charge is 0.480 e. The maximum Gasteiger partial charge on any atom is 0.317 e. The Balaban J connectivity index is 1.95. The molecule has 1 saturated carbocycles. The molecular weight excluding hydrogens is 192 g/mol. The number of carboxylic acids is 1. The molecule has 1 saturated heterocycles. The summed E-state index contributed by atoms with van der Waals surface area (Å²) in [7, 11) is 4.20. The van der Waals surface area contributed by atoms with Gasteiger partial charge in [0, 0.05) is 19.1 Å². The van der Waals surface area contributed by atoms with Gasteiger partial charge >= 0.3 is 5.97 Å². The summed E-state index contributed by atoms with van der Waals surface area (Å²) in [5.41, 5.74) is 0. The summed E-state index contributed by atoms with van der Waals surface area (Å²) in [6, 6.07) is 0.553. The fraction of sp³-hybridized carbons (Fsp3) is 0.909. The van der Waals surface area contributed by atoms with E-state index in [1.807, 2.05) is 0 Å². The van der Waals surface area contributed by atoms with E-state index in [1.165, 1.54) is 12.8 Å². The molecule has 0 radical (unpaired) electrons. The van der Waals surface area contributed by atoms with Crippen molar-refractivity contribution in [2.45, 2.75) is 18.9 Å². The summed E-state index contributed by atoms with van der Waals surface area (Å²) < 4.78 is 0. The monoisotopic (exact) mass is 212 g/mol. The van der Waals surface area contributed by atoms with Crippen LogP contribution in [0.3, 0.4) is 0 Å². The Hall–Kier alpha value is -0.610. The first kappa shape index (κ1) is 10.9. The van der Waals surface area contributed by atoms with Gasteiger partial charge in [-0.3, -0.25) is 9.69 Å². The molecule has 1 aliphatic heterocycles. The lowest BCUT2D eigenvalue weighted by molar-refractivity contribution is -0.138. The second-order valence-electron chi connectivity index (χ2n) is 5.12. The van der Waals surface area contributed by atoms with E-state index in [9.17, 15) is 4.79 Å². The van der Waals surface area contributed by atoms with E-state index in [-0.39, 0.29) is 6.54 Å². The molecule has 0 aromatic carbocycles. The van der Waals surface area contributed by atoms with Gasteiger partial charge in [0.05, 0.1) is 6.54 Å². The smallest absolute Gasteiger partial charge is 0.317 e. The molecule has 2 fully saturated rings. The molecule has 0 aromatic heterocycles. The summed E-state index contributed by atoms with van der Waals surface area (Å²) >= 11 is 0. The van der Waals surface area contributed by atoms with Gasteiger partial charge in [0.1, 0.15) is 0 Å². The number of aliphatic carboxylic acids is 1. The Kier molecular flexibility index (Phi) is 2.98. The van der Waals surface area contributed by atoms with Gasteiger partial charge in [-0.25, -0.2) is 0 Å². The quantitative estimate of drug-likeness (QED) is 0.730. The number of hydrogen-bond donors (Lipinski definition) is 1. The Bertz CT molecular complexity index is 241. The van der Waals surface area contributed by atoms with Crippen molar-refractivity contribution in [2.75, 3.05) is 33.7 Å². The summed E-state index contributed by atoms with van der Waals surface area (Å²) in [6.45, 7) is 2.09. The van der Waals surface area contributed by atoms with Gasteiger partial charge in [-0.2, -0.15) is 0 Å². The van der Waals surface area contributed by atoms with Gasteiger partial charge in [0.25, 0.3) is 0 Å². The summed E-state index contributed by atoms with van der Waals surface area (Å²) in [5.74, 6) is 0.847. The van der Waals surface area contributed by atoms with Gasteiger partial charge in [-0.15, -0.1) is 0 Å². The molecule has 2 aliphatic rings. The molecule has 4 nitrogen and oxygen atoms in total. The molecule has 1 aliphatic carbocycles. The molecule has 2 rings (SSSR count).